The molecule has 2 N–H and O–H groups in total. The predicted molar refractivity (Wildman–Crippen MR) is 69.3 cm³/mol. The highest BCUT2D eigenvalue weighted by molar-refractivity contribution is 6.31. The van der Waals surface area contributed by atoms with Crippen LogP contribution in [0.15, 0.2) is 24.4 Å². The predicted octanol–water partition coefficient (Wildman–Crippen LogP) is 2.63. The first-order valence-corrected chi connectivity index (χ1v) is 5.64. The number of hydrogen-bond donors (Lipinski definition) is 2. The number of rotatable bonds is 3. The first-order valence-electron chi connectivity index (χ1n) is 5.26. The SMILES string of the molecule is COc1ccc(Cl)cc1NC(=O)c1cnc(C)[nH]1. The summed E-state index contributed by atoms with van der Waals surface area (Å²) >= 11 is 5.88. The third-order valence-corrected chi connectivity index (χ3v) is 2.59. The molecule has 18 heavy (non-hydrogen) atoms. The number of hydrogen-bond acceptors (Lipinski definition) is 3. The van der Waals surface area contributed by atoms with E-state index < -0.39 is 0 Å². The van der Waals surface area contributed by atoms with Crippen LogP contribution in [0.2, 0.25) is 5.02 Å². The van der Waals surface area contributed by atoms with Gasteiger partial charge in [-0.2, -0.15) is 0 Å². The molecule has 94 valence electrons. The Morgan fingerprint density at radius 2 is 2.28 bits per heavy atom. The lowest BCUT2D eigenvalue weighted by Gasteiger charge is -2.09. The number of aromatic amines is 1. The van der Waals surface area contributed by atoms with Gasteiger partial charge >= 0.3 is 0 Å². The molecule has 2 rings (SSSR count). The Morgan fingerprint density at radius 3 is 2.89 bits per heavy atom. The summed E-state index contributed by atoms with van der Waals surface area (Å²) in [5.41, 5.74) is 0.900. The lowest BCUT2D eigenvalue weighted by molar-refractivity contribution is 0.102. The standard InChI is InChI=1S/C12H12ClN3O2/c1-7-14-6-10(15-7)12(17)16-9-5-8(13)3-4-11(9)18-2/h3-6H,1-2H3,(H,14,15)(H,16,17). The number of amides is 1. The van der Waals surface area contributed by atoms with Crippen molar-refractivity contribution in [3.63, 3.8) is 0 Å². The van der Waals surface area contributed by atoms with Crippen LogP contribution >= 0.6 is 11.6 Å². The van der Waals surface area contributed by atoms with E-state index in [1.807, 2.05) is 0 Å². The van der Waals surface area contributed by atoms with Crippen LogP contribution in [0.1, 0.15) is 16.3 Å². The van der Waals surface area contributed by atoms with Gasteiger partial charge in [0.2, 0.25) is 0 Å². The van der Waals surface area contributed by atoms with E-state index in [2.05, 4.69) is 15.3 Å². The van der Waals surface area contributed by atoms with E-state index in [9.17, 15) is 4.79 Å². The molecule has 0 spiro atoms. The Hall–Kier alpha value is -2.01. The minimum Gasteiger partial charge on any atom is -0.495 e. The first kappa shape index (κ1) is 12.4. The fourth-order valence-corrected chi connectivity index (χ4v) is 1.68. The molecular formula is C12H12ClN3O2. The summed E-state index contributed by atoms with van der Waals surface area (Å²) in [5.74, 6) is 0.929. The van der Waals surface area contributed by atoms with Gasteiger partial charge in [-0.25, -0.2) is 4.98 Å². The van der Waals surface area contributed by atoms with Crippen molar-refractivity contribution in [2.24, 2.45) is 0 Å². The molecular weight excluding hydrogens is 254 g/mol. The zero-order chi connectivity index (χ0) is 13.1. The third kappa shape index (κ3) is 2.62. The highest BCUT2D eigenvalue weighted by Gasteiger charge is 2.11. The van der Waals surface area contributed by atoms with E-state index in [1.165, 1.54) is 13.3 Å². The second kappa shape index (κ2) is 5.10. The summed E-state index contributed by atoms with van der Waals surface area (Å²) < 4.78 is 5.14. The van der Waals surface area contributed by atoms with Crippen molar-refractivity contribution in [1.29, 1.82) is 0 Å². The van der Waals surface area contributed by atoms with E-state index in [0.717, 1.165) is 0 Å². The zero-order valence-electron chi connectivity index (χ0n) is 9.95. The number of H-pyrrole nitrogens is 1. The number of carbonyl (C=O) groups is 1. The van der Waals surface area contributed by atoms with Gasteiger partial charge in [0.1, 0.15) is 17.3 Å². The first-order chi connectivity index (χ1) is 8.60. The normalized spacial score (nSPS) is 10.2. The van der Waals surface area contributed by atoms with E-state index in [4.69, 9.17) is 16.3 Å². The van der Waals surface area contributed by atoms with Crippen molar-refractivity contribution in [2.45, 2.75) is 6.92 Å². The monoisotopic (exact) mass is 265 g/mol. The highest BCUT2D eigenvalue weighted by atomic mass is 35.5. The third-order valence-electron chi connectivity index (χ3n) is 2.36. The summed E-state index contributed by atoms with van der Waals surface area (Å²) in [7, 11) is 1.53. The van der Waals surface area contributed by atoms with Crippen molar-refractivity contribution >= 4 is 23.2 Å². The van der Waals surface area contributed by atoms with Gasteiger partial charge < -0.3 is 15.0 Å². The molecule has 0 bridgehead atoms. The Kier molecular flexibility index (Phi) is 3.53. The average molecular weight is 266 g/mol. The van der Waals surface area contributed by atoms with Crippen LogP contribution in [0.25, 0.3) is 0 Å². The maximum Gasteiger partial charge on any atom is 0.273 e. The number of ether oxygens (including phenoxy) is 1. The summed E-state index contributed by atoms with van der Waals surface area (Å²) in [4.78, 5) is 18.7. The Bertz CT molecular complexity index is 580. The van der Waals surface area contributed by atoms with Gasteiger partial charge in [-0.15, -0.1) is 0 Å². The van der Waals surface area contributed by atoms with Crippen molar-refractivity contribution in [2.75, 3.05) is 12.4 Å². The summed E-state index contributed by atoms with van der Waals surface area (Å²) in [5, 5.41) is 3.23. The maximum absolute atomic E-state index is 11.9. The van der Waals surface area contributed by atoms with E-state index in [0.29, 0.717) is 28.0 Å². The Balaban J connectivity index is 2.23. The van der Waals surface area contributed by atoms with E-state index in [1.54, 1.807) is 25.1 Å². The molecule has 0 aliphatic carbocycles. The lowest BCUT2D eigenvalue weighted by Crippen LogP contribution is -2.13. The van der Waals surface area contributed by atoms with Crippen LogP contribution in [0.4, 0.5) is 5.69 Å². The molecule has 0 fully saturated rings. The van der Waals surface area contributed by atoms with Gasteiger partial charge in [0.25, 0.3) is 5.91 Å². The number of benzene rings is 1. The number of aromatic nitrogens is 2. The Morgan fingerprint density at radius 1 is 1.50 bits per heavy atom. The van der Waals surface area contributed by atoms with Crippen LogP contribution in [-0.2, 0) is 0 Å². The zero-order valence-corrected chi connectivity index (χ0v) is 10.7. The number of nitrogens with one attached hydrogen (secondary N) is 2. The van der Waals surface area contributed by atoms with E-state index >= 15 is 0 Å². The molecule has 5 nitrogen and oxygen atoms in total. The number of carbonyl (C=O) groups excluding carboxylic acids is 1. The molecule has 1 amide bonds. The molecule has 1 aromatic heterocycles. The van der Waals surface area contributed by atoms with Crippen LogP contribution in [0.3, 0.4) is 0 Å². The largest absolute Gasteiger partial charge is 0.495 e. The van der Waals surface area contributed by atoms with Crippen molar-refractivity contribution < 1.29 is 9.53 Å². The highest BCUT2D eigenvalue weighted by Crippen LogP contribution is 2.27. The molecule has 2 aromatic rings. The minimum atomic E-state index is -0.295. The van der Waals surface area contributed by atoms with Gasteiger partial charge in [0.05, 0.1) is 19.0 Å². The fraction of sp³-hybridized carbons (Fsp3) is 0.167. The number of nitrogens with zero attached hydrogens (tertiary/aromatic N) is 1. The molecule has 0 aliphatic rings. The van der Waals surface area contributed by atoms with Crippen molar-refractivity contribution in [3.8, 4) is 5.75 Å². The van der Waals surface area contributed by atoms with Crippen LogP contribution in [-0.4, -0.2) is 23.0 Å². The van der Waals surface area contributed by atoms with Crippen molar-refractivity contribution in [1.82, 2.24) is 9.97 Å². The van der Waals surface area contributed by atoms with Gasteiger partial charge in [-0.1, -0.05) is 11.6 Å². The number of imidazole rings is 1. The topological polar surface area (TPSA) is 67.0 Å². The molecule has 0 saturated heterocycles. The minimum absolute atomic E-state index is 0.295. The fourth-order valence-electron chi connectivity index (χ4n) is 1.50. The number of aryl methyl sites for hydroxylation is 1. The molecule has 0 saturated carbocycles. The molecule has 0 radical (unpaired) electrons. The van der Waals surface area contributed by atoms with Crippen LogP contribution in [0, 0.1) is 6.92 Å². The second-order valence-corrected chi connectivity index (χ2v) is 4.12. The van der Waals surface area contributed by atoms with Crippen molar-refractivity contribution in [3.05, 3.63) is 40.9 Å². The molecule has 1 heterocycles. The average Bonchev–Trinajstić information content (AvgIpc) is 2.76. The summed E-state index contributed by atoms with van der Waals surface area (Å²) in [6.45, 7) is 1.77. The van der Waals surface area contributed by atoms with Crippen LogP contribution < -0.4 is 10.1 Å². The molecule has 6 heteroatoms. The quantitative estimate of drug-likeness (QED) is 0.896. The Labute approximate surface area is 109 Å². The summed E-state index contributed by atoms with van der Waals surface area (Å²) in [6.07, 6.45) is 1.47. The van der Waals surface area contributed by atoms with E-state index in [-0.39, 0.29) is 5.91 Å². The van der Waals surface area contributed by atoms with Gasteiger partial charge in [-0.05, 0) is 25.1 Å². The van der Waals surface area contributed by atoms with Gasteiger partial charge in [0.15, 0.2) is 0 Å². The molecule has 0 unspecified atom stereocenters. The maximum atomic E-state index is 11.9. The van der Waals surface area contributed by atoms with Crippen LogP contribution in [0.5, 0.6) is 5.75 Å². The number of anilines is 1. The molecule has 1 aromatic carbocycles. The number of halogens is 1. The number of methoxy groups -OCH3 is 1. The second-order valence-electron chi connectivity index (χ2n) is 3.68. The lowest BCUT2D eigenvalue weighted by atomic mass is 10.3. The van der Waals surface area contributed by atoms with Gasteiger partial charge in [-0.3, -0.25) is 4.79 Å². The molecule has 0 atom stereocenters. The smallest absolute Gasteiger partial charge is 0.273 e. The molecule has 0 aliphatic heterocycles. The summed E-state index contributed by atoms with van der Waals surface area (Å²) in [6, 6.07) is 5.01. The van der Waals surface area contributed by atoms with Gasteiger partial charge in [0, 0.05) is 5.02 Å².